The smallest absolute Gasteiger partial charge is 0.122 e. The quantitative estimate of drug-likeness (QED) is 0.693. The predicted octanol–water partition coefficient (Wildman–Crippen LogP) is 1.54. The van der Waals surface area contributed by atoms with Crippen LogP contribution in [0.4, 0.5) is 0 Å². The predicted molar refractivity (Wildman–Crippen MR) is 59.6 cm³/mol. The lowest BCUT2D eigenvalue weighted by Crippen LogP contribution is -2.11. The Labute approximate surface area is 87.8 Å². The van der Waals surface area contributed by atoms with Gasteiger partial charge in [0.1, 0.15) is 5.75 Å². The molecule has 0 aromatic heterocycles. The number of aliphatic hydroxyl groups excluding tert-OH is 1. The van der Waals surface area contributed by atoms with E-state index in [1.165, 1.54) is 0 Å². The Morgan fingerprint density at radius 1 is 1.13 bits per heavy atom. The number of aliphatic hydroxyl groups is 1. The van der Waals surface area contributed by atoms with Crippen molar-refractivity contribution >= 4 is 10.8 Å². The van der Waals surface area contributed by atoms with Gasteiger partial charge in [-0.2, -0.15) is 0 Å². The van der Waals surface area contributed by atoms with E-state index in [1.54, 1.807) is 12.1 Å². The molecule has 0 amide bonds. The van der Waals surface area contributed by atoms with Crippen molar-refractivity contribution in [2.45, 2.75) is 6.10 Å². The fraction of sp³-hybridized carbons (Fsp3) is 0.167. The molecule has 2 aromatic carbocycles. The molecular weight excluding hydrogens is 190 g/mol. The van der Waals surface area contributed by atoms with Gasteiger partial charge in [0.15, 0.2) is 0 Å². The zero-order chi connectivity index (χ0) is 10.8. The van der Waals surface area contributed by atoms with Gasteiger partial charge in [-0.3, -0.25) is 0 Å². The standard InChI is InChI=1S/C12H13NO2/c13-7-12(15)10-5-8-3-1-2-4-9(8)6-11(10)14/h1-6,12,14-15H,7,13H2. The highest BCUT2D eigenvalue weighted by atomic mass is 16.3. The third kappa shape index (κ3) is 1.79. The van der Waals surface area contributed by atoms with E-state index in [0.717, 1.165) is 10.8 Å². The molecule has 2 aromatic rings. The minimum absolute atomic E-state index is 0.0895. The Bertz CT molecular complexity index is 482. The number of hydrogen-bond donors (Lipinski definition) is 3. The van der Waals surface area contributed by atoms with Gasteiger partial charge in [-0.1, -0.05) is 24.3 Å². The van der Waals surface area contributed by atoms with Gasteiger partial charge < -0.3 is 15.9 Å². The molecule has 0 aliphatic carbocycles. The van der Waals surface area contributed by atoms with Gasteiger partial charge in [-0.05, 0) is 22.9 Å². The maximum absolute atomic E-state index is 9.69. The van der Waals surface area contributed by atoms with E-state index in [-0.39, 0.29) is 12.3 Å². The van der Waals surface area contributed by atoms with Crippen molar-refractivity contribution < 1.29 is 10.2 Å². The monoisotopic (exact) mass is 203 g/mol. The fourth-order valence-electron chi connectivity index (χ4n) is 1.64. The number of phenols is 1. The number of phenolic OH excluding ortho intramolecular Hbond substituents is 1. The van der Waals surface area contributed by atoms with Crippen LogP contribution in [0, 0.1) is 0 Å². The van der Waals surface area contributed by atoms with Gasteiger partial charge in [0.2, 0.25) is 0 Å². The first-order valence-electron chi connectivity index (χ1n) is 4.82. The van der Waals surface area contributed by atoms with Crippen LogP contribution < -0.4 is 5.73 Å². The molecule has 0 heterocycles. The normalized spacial score (nSPS) is 12.9. The highest BCUT2D eigenvalue weighted by Crippen LogP contribution is 2.28. The second-order valence-corrected chi connectivity index (χ2v) is 3.51. The maximum atomic E-state index is 9.69. The molecule has 0 saturated carbocycles. The average molecular weight is 203 g/mol. The molecule has 0 aliphatic rings. The lowest BCUT2D eigenvalue weighted by atomic mass is 10.0. The van der Waals surface area contributed by atoms with Crippen molar-refractivity contribution in [3.05, 3.63) is 42.0 Å². The minimum atomic E-state index is -0.811. The highest BCUT2D eigenvalue weighted by Gasteiger charge is 2.11. The van der Waals surface area contributed by atoms with Crippen LogP contribution in [0.2, 0.25) is 0 Å². The Kier molecular flexibility index (Phi) is 2.58. The van der Waals surface area contributed by atoms with Crippen LogP contribution in [-0.4, -0.2) is 16.8 Å². The van der Waals surface area contributed by atoms with Crippen molar-refractivity contribution in [2.24, 2.45) is 5.73 Å². The average Bonchev–Trinajstić information content (AvgIpc) is 2.27. The van der Waals surface area contributed by atoms with Crippen LogP contribution in [0.1, 0.15) is 11.7 Å². The molecule has 0 aliphatic heterocycles. The summed E-state index contributed by atoms with van der Waals surface area (Å²) in [7, 11) is 0. The summed E-state index contributed by atoms with van der Waals surface area (Å²) in [6, 6.07) is 11.1. The Morgan fingerprint density at radius 2 is 1.73 bits per heavy atom. The third-order valence-electron chi connectivity index (χ3n) is 2.48. The molecular formula is C12H13NO2. The minimum Gasteiger partial charge on any atom is -0.508 e. The van der Waals surface area contributed by atoms with Crippen molar-refractivity contribution in [2.75, 3.05) is 6.54 Å². The van der Waals surface area contributed by atoms with Crippen molar-refractivity contribution in [3.63, 3.8) is 0 Å². The van der Waals surface area contributed by atoms with E-state index in [0.29, 0.717) is 5.56 Å². The molecule has 0 saturated heterocycles. The number of fused-ring (bicyclic) bond motifs is 1. The fourth-order valence-corrected chi connectivity index (χ4v) is 1.64. The van der Waals surface area contributed by atoms with Crippen LogP contribution in [-0.2, 0) is 0 Å². The van der Waals surface area contributed by atoms with Crippen LogP contribution in [0.5, 0.6) is 5.75 Å². The SMILES string of the molecule is NCC(O)c1cc2ccccc2cc1O. The van der Waals surface area contributed by atoms with Gasteiger partial charge in [0, 0.05) is 12.1 Å². The first-order valence-corrected chi connectivity index (χ1v) is 4.82. The van der Waals surface area contributed by atoms with Crippen LogP contribution in [0.3, 0.4) is 0 Å². The summed E-state index contributed by atoms with van der Waals surface area (Å²) in [5, 5.41) is 21.2. The van der Waals surface area contributed by atoms with E-state index in [1.807, 2.05) is 24.3 Å². The summed E-state index contributed by atoms with van der Waals surface area (Å²) >= 11 is 0. The highest BCUT2D eigenvalue weighted by molar-refractivity contribution is 5.85. The number of hydrogen-bond acceptors (Lipinski definition) is 3. The zero-order valence-electron chi connectivity index (χ0n) is 8.22. The van der Waals surface area contributed by atoms with E-state index in [2.05, 4.69) is 0 Å². The zero-order valence-corrected chi connectivity index (χ0v) is 8.22. The number of benzene rings is 2. The molecule has 78 valence electrons. The van der Waals surface area contributed by atoms with Gasteiger partial charge in [0.05, 0.1) is 6.10 Å². The molecule has 4 N–H and O–H groups in total. The molecule has 2 rings (SSSR count). The Hall–Kier alpha value is -1.58. The topological polar surface area (TPSA) is 66.5 Å². The van der Waals surface area contributed by atoms with Crippen LogP contribution in [0.15, 0.2) is 36.4 Å². The van der Waals surface area contributed by atoms with E-state index < -0.39 is 6.10 Å². The summed E-state index contributed by atoms with van der Waals surface area (Å²) in [6.07, 6.45) is -0.811. The van der Waals surface area contributed by atoms with Crippen LogP contribution in [0.25, 0.3) is 10.8 Å². The lowest BCUT2D eigenvalue weighted by Gasteiger charge is -2.11. The van der Waals surface area contributed by atoms with Gasteiger partial charge in [-0.25, -0.2) is 0 Å². The van der Waals surface area contributed by atoms with Crippen LogP contribution >= 0.6 is 0 Å². The molecule has 1 atom stereocenters. The Morgan fingerprint density at radius 3 is 2.33 bits per heavy atom. The summed E-state index contributed by atoms with van der Waals surface area (Å²) in [5.41, 5.74) is 5.84. The van der Waals surface area contributed by atoms with Gasteiger partial charge in [-0.15, -0.1) is 0 Å². The van der Waals surface area contributed by atoms with E-state index in [4.69, 9.17) is 5.73 Å². The summed E-state index contributed by atoms with van der Waals surface area (Å²) in [6.45, 7) is 0.103. The van der Waals surface area contributed by atoms with Crippen molar-refractivity contribution in [3.8, 4) is 5.75 Å². The molecule has 1 unspecified atom stereocenters. The van der Waals surface area contributed by atoms with Crippen molar-refractivity contribution in [1.82, 2.24) is 0 Å². The Balaban J connectivity index is 2.61. The van der Waals surface area contributed by atoms with Crippen molar-refractivity contribution in [1.29, 1.82) is 0 Å². The molecule has 3 nitrogen and oxygen atoms in total. The summed E-state index contributed by atoms with van der Waals surface area (Å²) < 4.78 is 0. The first-order chi connectivity index (χ1) is 7.22. The third-order valence-corrected chi connectivity index (χ3v) is 2.48. The molecule has 3 heteroatoms. The molecule has 0 radical (unpaired) electrons. The van der Waals surface area contributed by atoms with Gasteiger partial charge in [0.25, 0.3) is 0 Å². The largest absolute Gasteiger partial charge is 0.508 e. The molecule has 15 heavy (non-hydrogen) atoms. The molecule has 0 fully saturated rings. The second kappa shape index (κ2) is 3.88. The maximum Gasteiger partial charge on any atom is 0.122 e. The number of rotatable bonds is 2. The van der Waals surface area contributed by atoms with E-state index in [9.17, 15) is 10.2 Å². The summed E-state index contributed by atoms with van der Waals surface area (Å²) in [5.74, 6) is 0.0895. The molecule has 0 spiro atoms. The summed E-state index contributed by atoms with van der Waals surface area (Å²) in [4.78, 5) is 0. The molecule has 0 bridgehead atoms. The second-order valence-electron chi connectivity index (χ2n) is 3.51. The first kappa shape index (κ1) is 9.96. The number of aromatic hydroxyl groups is 1. The lowest BCUT2D eigenvalue weighted by molar-refractivity contribution is 0.183. The number of nitrogens with two attached hydrogens (primary N) is 1. The van der Waals surface area contributed by atoms with Gasteiger partial charge >= 0.3 is 0 Å². The van der Waals surface area contributed by atoms with E-state index >= 15 is 0 Å².